The topological polar surface area (TPSA) is 58.1 Å². The van der Waals surface area contributed by atoms with Gasteiger partial charge in [0.05, 0.1) is 6.04 Å². The SMILES string of the molecule is O=C(Nc1nccc2cnccc12)N1CCCCC1c1cccc2ccccc12. The van der Waals surface area contributed by atoms with Crippen LogP contribution in [0, 0.1) is 0 Å². The molecule has 29 heavy (non-hydrogen) atoms. The van der Waals surface area contributed by atoms with Crippen molar-refractivity contribution in [2.24, 2.45) is 0 Å². The molecule has 0 spiro atoms. The van der Waals surface area contributed by atoms with Crippen LogP contribution in [0.4, 0.5) is 10.6 Å². The fraction of sp³-hybridized carbons (Fsp3) is 0.208. The molecule has 1 N–H and O–H groups in total. The number of amides is 2. The molecule has 1 aliphatic rings. The van der Waals surface area contributed by atoms with Gasteiger partial charge in [0.2, 0.25) is 0 Å². The van der Waals surface area contributed by atoms with E-state index in [0.717, 1.165) is 36.6 Å². The summed E-state index contributed by atoms with van der Waals surface area (Å²) in [5.41, 5.74) is 1.22. The molecule has 2 aromatic carbocycles. The predicted octanol–water partition coefficient (Wildman–Crippen LogP) is 5.54. The molecular weight excluding hydrogens is 360 g/mol. The number of nitrogens with one attached hydrogen (secondary N) is 1. The first-order valence-corrected chi connectivity index (χ1v) is 10.1. The van der Waals surface area contributed by atoms with Crippen LogP contribution in [0.3, 0.4) is 0 Å². The van der Waals surface area contributed by atoms with E-state index in [2.05, 4.69) is 57.7 Å². The standard InChI is InChI=1S/C24H22N4O/c29-24(27-23-20-12-13-25-16-18(20)11-14-26-23)28-15-4-3-10-22(28)21-9-5-7-17-6-1-2-8-19(17)21/h1-2,5-9,11-14,16,22H,3-4,10,15H2,(H,26,27,29). The van der Waals surface area contributed by atoms with E-state index in [0.29, 0.717) is 5.82 Å². The smallest absolute Gasteiger partial charge is 0.317 e. The number of fused-ring (bicyclic) bond motifs is 2. The summed E-state index contributed by atoms with van der Waals surface area (Å²) in [7, 11) is 0. The first-order chi connectivity index (χ1) is 14.3. The minimum atomic E-state index is -0.0977. The molecule has 0 saturated carbocycles. The van der Waals surface area contributed by atoms with Crippen molar-refractivity contribution in [3.8, 4) is 0 Å². The molecule has 5 nitrogen and oxygen atoms in total. The lowest BCUT2D eigenvalue weighted by Gasteiger charge is -2.36. The monoisotopic (exact) mass is 382 g/mol. The minimum absolute atomic E-state index is 0.0616. The van der Waals surface area contributed by atoms with E-state index in [1.54, 1.807) is 18.6 Å². The van der Waals surface area contributed by atoms with Crippen molar-refractivity contribution in [1.29, 1.82) is 0 Å². The van der Waals surface area contributed by atoms with Crippen molar-refractivity contribution in [3.63, 3.8) is 0 Å². The van der Waals surface area contributed by atoms with Gasteiger partial charge in [0.15, 0.2) is 0 Å². The highest BCUT2D eigenvalue weighted by Crippen LogP contribution is 2.35. The summed E-state index contributed by atoms with van der Waals surface area (Å²) in [6.45, 7) is 0.742. The van der Waals surface area contributed by atoms with Gasteiger partial charge in [-0.15, -0.1) is 0 Å². The maximum atomic E-state index is 13.3. The van der Waals surface area contributed by atoms with Gasteiger partial charge in [-0.25, -0.2) is 9.78 Å². The molecule has 1 saturated heterocycles. The lowest BCUT2D eigenvalue weighted by molar-refractivity contribution is 0.164. The molecule has 1 aliphatic heterocycles. The third kappa shape index (κ3) is 3.29. The first kappa shape index (κ1) is 17.6. The second-order valence-electron chi connectivity index (χ2n) is 7.46. The maximum Gasteiger partial charge on any atom is 0.323 e. The average molecular weight is 382 g/mol. The molecule has 3 heterocycles. The Hall–Kier alpha value is -3.47. The van der Waals surface area contributed by atoms with Gasteiger partial charge in [-0.05, 0) is 47.7 Å². The Morgan fingerprint density at radius 1 is 0.931 bits per heavy atom. The van der Waals surface area contributed by atoms with E-state index in [4.69, 9.17) is 0 Å². The first-order valence-electron chi connectivity index (χ1n) is 10.1. The van der Waals surface area contributed by atoms with Gasteiger partial charge in [-0.2, -0.15) is 0 Å². The van der Waals surface area contributed by atoms with Crippen LogP contribution in [0.15, 0.2) is 73.2 Å². The van der Waals surface area contributed by atoms with Crippen molar-refractivity contribution >= 4 is 33.4 Å². The van der Waals surface area contributed by atoms with Crippen LogP contribution in [-0.2, 0) is 0 Å². The molecule has 0 radical (unpaired) electrons. The van der Waals surface area contributed by atoms with Crippen molar-refractivity contribution in [3.05, 3.63) is 78.8 Å². The number of likely N-dealkylation sites (tertiary alicyclic amines) is 1. The summed E-state index contributed by atoms with van der Waals surface area (Å²) >= 11 is 0. The van der Waals surface area contributed by atoms with Gasteiger partial charge in [-0.3, -0.25) is 10.3 Å². The number of anilines is 1. The summed E-state index contributed by atoms with van der Waals surface area (Å²) < 4.78 is 0. The molecule has 0 aliphatic carbocycles. The number of carbonyl (C=O) groups excluding carboxylic acids is 1. The number of hydrogen-bond donors (Lipinski definition) is 1. The van der Waals surface area contributed by atoms with E-state index in [1.165, 1.54) is 16.3 Å². The Bertz CT molecular complexity index is 1180. The quantitative estimate of drug-likeness (QED) is 0.495. The van der Waals surface area contributed by atoms with Crippen LogP contribution in [0.5, 0.6) is 0 Å². The van der Waals surface area contributed by atoms with E-state index >= 15 is 0 Å². The predicted molar refractivity (Wildman–Crippen MR) is 116 cm³/mol. The Balaban J connectivity index is 1.49. The zero-order chi connectivity index (χ0) is 19.6. The second kappa shape index (κ2) is 7.51. The van der Waals surface area contributed by atoms with Crippen LogP contribution in [0.25, 0.3) is 21.5 Å². The number of nitrogens with zero attached hydrogens (tertiary/aromatic N) is 3. The second-order valence-corrected chi connectivity index (χ2v) is 7.46. The van der Waals surface area contributed by atoms with Crippen molar-refractivity contribution < 1.29 is 4.79 Å². The van der Waals surface area contributed by atoms with Crippen LogP contribution >= 0.6 is 0 Å². The summed E-state index contributed by atoms with van der Waals surface area (Å²) in [6, 6.07) is 18.5. The highest BCUT2D eigenvalue weighted by molar-refractivity contribution is 5.99. The van der Waals surface area contributed by atoms with E-state index in [1.807, 2.05) is 17.0 Å². The zero-order valence-electron chi connectivity index (χ0n) is 16.1. The third-order valence-electron chi connectivity index (χ3n) is 5.74. The lowest BCUT2D eigenvalue weighted by atomic mass is 9.91. The van der Waals surface area contributed by atoms with Gasteiger partial charge in [0, 0.05) is 35.9 Å². The fourth-order valence-corrected chi connectivity index (χ4v) is 4.33. The number of pyridine rings is 2. The van der Waals surface area contributed by atoms with Gasteiger partial charge in [0.1, 0.15) is 5.82 Å². The van der Waals surface area contributed by atoms with Crippen molar-refractivity contribution in [2.75, 3.05) is 11.9 Å². The molecule has 1 atom stereocenters. The van der Waals surface area contributed by atoms with Gasteiger partial charge in [-0.1, -0.05) is 42.5 Å². The number of urea groups is 1. The Morgan fingerprint density at radius 3 is 2.79 bits per heavy atom. The lowest BCUT2D eigenvalue weighted by Crippen LogP contribution is -2.41. The largest absolute Gasteiger partial charge is 0.323 e. The van der Waals surface area contributed by atoms with E-state index in [9.17, 15) is 4.79 Å². The number of piperidine rings is 1. The van der Waals surface area contributed by atoms with Crippen LogP contribution in [0.2, 0.25) is 0 Å². The molecule has 4 aromatic rings. The summed E-state index contributed by atoms with van der Waals surface area (Å²) in [6.07, 6.45) is 8.32. The summed E-state index contributed by atoms with van der Waals surface area (Å²) in [5, 5.41) is 7.33. The van der Waals surface area contributed by atoms with Crippen LogP contribution in [-0.4, -0.2) is 27.4 Å². The zero-order valence-corrected chi connectivity index (χ0v) is 16.1. The maximum absolute atomic E-state index is 13.3. The molecular formula is C24H22N4O. The van der Waals surface area contributed by atoms with Crippen molar-refractivity contribution in [2.45, 2.75) is 25.3 Å². The van der Waals surface area contributed by atoms with Gasteiger partial charge >= 0.3 is 6.03 Å². The summed E-state index contributed by atoms with van der Waals surface area (Å²) in [5.74, 6) is 0.581. The molecule has 5 heteroatoms. The van der Waals surface area contributed by atoms with E-state index in [-0.39, 0.29) is 12.1 Å². The molecule has 1 unspecified atom stereocenters. The Labute approximate surface area is 169 Å². The number of benzene rings is 2. The highest BCUT2D eigenvalue weighted by atomic mass is 16.2. The van der Waals surface area contributed by atoms with Gasteiger partial charge in [0.25, 0.3) is 0 Å². The summed E-state index contributed by atoms with van der Waals surface area (Å²) in [4.78, 5) is 23.8. The Morgan fingerprint density at radius 2 is 1.83 bits per heavy atom. The molecule has 2 aromatic heterocycles. The highest BCUT2D eigenvalue weighted by Gasteiger charge is 2.29. The number of rotatable bonds is 2. The van der Waals surface area contributed by atoms with Crippen molar-refractivity contribution in [1.82, 2.24) is 14.9 Å². The molecule has 2 amide bonds. The van der Waals surface area contributed by atoms with E-state index < -0.39 is 0 Å². The fourth-order valence-electron chi connectivity index (χ4n) is 4.33. The molecule has 144 valence electrons. The third-order valence-corrected chi connectivity index (χ3v) is 5.74. The number of aromatic nitrogens is 2. The number of hydrogen-bond acceptors (Lipinski definition) is 3. The van der Waals surface area contributed by atoms with Crippen LogP contribution in [0.1, 0.15) is 30.9 Å². The molecule has 1 fully saturated rings. The van der Waals surface area contributed by atoms with Crippen LogP contribution < -0.4 is 5.32 Å². The minimum Gasteiger partial charge on any atom is -0.317 e. The average Bonchev–Trinajstić information content (AvgIpc) is 2.79. The number of carbonyl (C=O) groups is 1. The molecule has 0 bridgehead atoms. The van der Waals surface area contributed by atoms with Gasteiger partial charge < -0.3 is 4.90 Å². The molecule has 5 rings (SSSR count). The Kier molecular flexibility index (Phi) is 4.56. The normalized spacial score (nSPS) is 16.8.